The molecule has 0 saturated carbocycles. The molecule has 6 nitrogen and oxygen atoms in total. The van der Waals surface area contributed by atoms with Crippen molar-refractivity contribution >= 4 is 5.91 Å². The first kappa shape index (κ1) is 20.2. The fraction of sp³-hybridized carbons (Fsp3) is 0.391. The van der Waals surface area contributed by atoms with Crippen molar-refractivity contribution in [2.45, 2.75) is 45.6 Å². The minimum Gasteiger partial charge on any atom is -0.335 e. The Bertz CT molecular complexity index is 1000. The van der Waals surface area contributed by atoms with E-state index in [0.29, 0.717) is 23.6 Å². The minimum atomic E-state index is -0.333. The number of hydrogen-bond donors (Lipinski definition) is 0. The summed E-state index contributed by atoms with van der Waals surface area (Å²) in [6.45, 7) is 4.91. The van der Waals surface area contributed by atoms with Gasteiger partial charge >= 0.3 is 0 Å². The second-order valence-corrected chi connectivity index (χ2v) is 8.03. The molecule has 1 amide bonds. The summed E-state index contributed by atoms with van der Waals surface area (Å²) in [5, 5.41) is 8.43. The van der Waals surface area contributed by atoms with Gasteiger partial charge in [0.15, 0.2) is 0 Å². The zero-order valence-corrected chi connectivity index (χ0v) is 17.3. The highest BCUT2D eigenvalue weighted by Gasteiger charge is 2.33. The largest absolute Gasteiger partial charge is 0.335 e. The number of halogens is 1. The molecule has 7 heteroatoms. The number of carbonyl (C=O) groups excluding carboxylic acids is 1. The predicted molar refractivity (Wildman–Crippen MR) is 112 cm³/mol. The molecule has 1 saturated heterocycles. The topological polar surface area (TPSA) is 63.9 Å². The summed E-state index contributed by atoms with van der Waals surface area (Å²) in [6.07, 6.45) is 8.04. The molecule has 0 radical (unpaired) electrons. The Morgan fingerprint density at radius 1 is 1.20 bits per heavy atom. The first-order valence-corrected chi connectivity index (χ1v) is 10.4. The lowest BCUT2D eigenvalue weighted by atomic mass is 9.86. The van der Waals surface area contributed by atoms with Crippen LogP contribution in [0.4, 0.5) is 4.39 Å². The van der Waals surface area contributed by atoms with E-state index in [2.05, 4.69) is 22.1 Å². The normalized spacial score (nSPS) is 19.1. The van der Waals surface area contributed by atoms with Crippen molar-refractivity contribution in [1.29, 1.82) is 0 Å². The zero-order valence-electron chi connectivity index (χ0n) is 17.3. The minimum absolute atomic E-state index is 0.00890. The highest BCUT2D eigenvalue weighted by Crippen LogP contribution is 2.29. The lowest BCUT2D eigenvalue weighted by molar-refractivity contribution is 0.0498. The molecule has 0 aliphatic carbocycles. The molecule has 30 heavy (non-hydrogen) atoms. The van der Waals surface area contributed by atoms with Gasteiger partial charge in [0.25, 0.3) is 5.91 Å². The van der Waals surface area contributed by atoms with Crippen LogP contribution in [0.3, 0.4) is 0 Å². The van der Waals surface area contributed by atoms with Crippen LogP contribution in [0.1, 0.15) is 47.8 Å². The number of rotatable bonds is 5. The first-order chi connectivity index (χ1) is 14.5. The second kappa shape index (κ2) is 8.73. The van der Waals surface area contributed by atoms with Crippen LogP contribution in [0.2, 0.25) is 0 Å². The van der Waals surface area contributed by atoms with Gasteiger partial charge in [-0.1, -0.05) is 18.6 Å². The standard InChI is InChI=1S/C23H26FN5O/c1-16-5-9-22(29-26-11-12-27-29)20(14-16)23(30)28-13-3-4-17(2)21(28)10-8-19-7-6-18(24)15-25-19/h5-7,9,11-12,14-15,17,21H,3-4,8,10,13H2,1-2H3/t17-,21-/m1/s1. The second-order valence-electron chi connectivity index (χ2n) is 8.03. The molecule has 0 bridgehead atoms. The lowest BCUT2D eigenvalue weighted by Crippen LogP contribution is -2.48. The van der Waals surface area contributed by atoms with E-state index in [4.69, 9.17) is 0 Å². The predicted octanol–water partition coefficient (Wildman–Crippen LogP) is 3.98. The van der Waals surface area contributed by atoms with E-state index in [9.17, 15) is 9.18 Å². The summed E-state index contributed by atoms with van der Waals surface area (Å²) in [4.78, 5) is 21.3. The molecular weight excluding hydrogens is 381 g/mol. The van der Waals surface area contributed by atoms with Gasteiger partial charge in [-0.2, -0.15) is 15.0 Å². The number of piperidine rings is 1. The summed E-state index contributed by atoms with van der Waals surface area (Å²) in [5.74, 6) is 0.0645. The molecule has 156 valence electrons. The van der Waals surface area contributed by atoms with Crippen molar-refractivity contribution in [2.24, 2.45) is 5.92 Å². The van der Waals surface area contributed by atoms with Crippen LogP contribution in [0.25, 0.3) is 5.69 Å². The Balaban J connectivity index is 1.60. The fourth-order valence-electron chi connectivity index (χ4n) is 4.28. The molecule has 0 N–H and O–H groups in total. The van der Waals surface area contributed by atoms with Gasteiger partial charge < -0.3 is 4.90 Å². The average Bonchev–Trinajstić information content (AvgIpc) is 3.28. The number of nitrogens with zero attached hydrogens (tertiary/aromatic N) is 5. The SMILES string of the molecule is Cc1ccc(-n2nccn2)c(C(=O)N2CCC[C@@H](C)[C@H]2CCc2ccc(F)cn2)c1. The van der Waals surface area contributed by atoms with Crippen molar-refractivity contribution in [3.8, 4) is 5.69 Å². The Morgan fingerprint density at radius 3 is 2.73 bits per heavy atom. The fourth-order valence-corrected chi connectivity index (χ4v) is 4.28. The number of aromatic nitrogens is 4. The Morgan fingerprint density at radius 2 is 2.00 bits per heavy atom. The van der Waals surface area contributed by atoms with Crippen molar-refractivity contribution in [3.63, 3.8) is 0 Å². The maximum Gasteiger partial charge on any atom is 0.256 e. The molecule has 3 heterocycles. The molecular formula is C23H26FN5O. The van der Waals surface area contributed by atoms with E-state index < -0.39 is 0 Å². The molecule has 1 fully saturated rings. The van der Waals surface area contributed by atoms with Crippen molar-refractivity contribution in [2.75, 3.05) is 6.54 Å². The van der Waals surface area contributed by atoms with E-state index >= 15 is 0 Å². The third-order valence-corrected chi connectivity index (χ3v) is 5.88. The Hall–Kier alpha value is -3.09. The van der Waals surface area contributed by atoms with Crippen LogP contribution in [0.15, 0.2) is 48.9 Å². The van der Waals surface area contributed by atoms with Crippen LogP contribution in [0.5, 0.6) is 0 Å². The van der Waals surface area contributed by atoms with Gasteiger partial charge in [0, 0.05) is 18.3 Å². The van der Waals surface area contributed by atoms with E-state index in [1.165, 1.54) is 17.1 Å². The molecule has 2 aromatic heterocycles. The molecule has 0 unspecified atom stereocenters. The maximum absolute atomic E-state index is 13.7. The number of carbonyl (C=O) groups is 1. The maximum atomic E-state index is 13.7. The molecule has 2 atom stereocenters. The number of hydrogen-bond acceptors (Lipinski definition) is 4. The summed E-state index contributed by atoms with van der Waals surface area (Å²) in [5.41, 5.74) is 3.17. The van der Waals surface area contributed by atoms with Crippen LogP contribution in [-0.4, -0.2) is 43.4 Å². The van der Waals surface area contributed by atoms with Crippen LogP contribution >= 0.6 is 0 Å². The number of pyridine rings is 1. The van der Waals surface area contributed by atoms with Crippen LogP contribution in [-0.2, 0) is 6.42 Å². The van der Waals surface area contributed by atoms with Gasteiger partial charge in [-0.3, -0.25) is 9.78 Å². The van der Waals surface area contributed by atoms with Gasteiger partial charge in [0.1, 0.15) is 5.82 Å². The van der Waals surface area contributed by atoms with Gasteiger partial charge in [-0.25, -0.2) is 4.39 Å². The molecule has 0 spiro atoms. The summed E-state index contributed by atoms with van der Waals surface area (Å²) >= 11 is 0. The highest BCUT2D eigenvalue weighted by atomic mass is 19.1. The highest BCUT2D eigenvalue weighted by molar-refractivity contribution is 5.98. The molecule has 1 aliphatic rings. The third-order valence-electron chi connectivity index (χ3n) is 5.88. The summed E-state index contributed by atoms with van der Waals surface area (Å²) < 4.78 is 13.2. The summed E-state index contributed by atoms with van der Waals surface area (Å²) in [7, 11) is 0. The molecule has 1 aliphatic heterocycles. The van der Waals surface area contributed by atoms with E-state index in [1.54, 1.807) is 18.5 Å². The van der Waals surface area contributed by atoms with Crippen LogP contribution in [0, 0.1) is 18.7 Å². The van der Waals surface area contributed by atoms with Crippen LogP contribution < -0.4 is 0 Å². The van der Waals surface area contributed by atoms with Gasteiger partial charge in [0.2, 0.25) is 0 Å². The number of likely N-dealkylation sites (tertiary alicyclic amines) is 1. The number of amides is 1. The van der Waals surface area contributed by atoms with Gasteiger partial charge in [0.05, 0.1) is 29.8 Å². The average molecular weight is 407 g/mol. The third kappa shape index (κ3) is 4.25. The van der Waals surface area contributed by atoms with Gasteiger partial charge in [-0.15, -0.1) is 0 Å². The van der Waals surface area contributed by atoms with E-state index in [0.717, 1.165) is 37.1 Å². The Labute approximate surface area is 175 Å². The molecule has 1 aromatic carbocycles. The quantitative estimate of drug-likeness (QED) is 0.642. The number of benzene rings is 1. The van der Waals surface area contributed by atoms with Gasteiger partial charge in [-0.05, 0) is 62.8 Å². The first-order valence-electron chi connectivity index (χ1n) is 10.4. The zero-order chi connectivity index (χ0) is 21.1. The van der Waals surface area contributed by atoms with Crippen molar-refractivity contribution in [3.05, 3.63) is 71.6 Å². The molecule has 3 aromatic rings. The summed E-state index contributed by atoms with van der Waals surface area (Å²) in [6, 6.07) is 9.04. The number of aryl methyl sites for hydroxylation is 2. The Kier molecular flexibility index (Phi) is 5.88. The van der Waals surface area contributed by atoms with E-state index in [1.807, 2.05) is 30.0 Å². The lowest BCUT2D eigenvalue weighted by Gasteiger charge is -2.40. The monoisotopic (exact) mass is 407 g/mol. The smallest absolute Gasteiger partial charge is 0.256 e. The van der Waals surface area contributed by atoms with Crippen molar-refractivity contribution < 1.29 is 9.18 Å². The molecule has 4 rings (SSSR count). The van der Waals surface area contributed by atoms with E-state index in [-0.39, 0.29) is 17.8 Å². The van der Waals surface area contributed by atoms with Crippen molar-refractivity contribution in [1.82, 2.24) is 24.9 Å².